The predicted molar refractivity (Wildman–Crippen MR) is 144 cm³/mol. The number of aliphatic hydroxyl groups excluding tert-OH is 1. The first-order valence-corrected chi connectivity index (χ1v) is 14.3. The molecule has 2 aliphatic heterocycles. The Morgan fingerprint density at radius 2 is 1.95 bits per heavy atom. The van der Waals surface area contributed by atoms with Crippen molar-refractivity contribution in [3.63, 3.8) is 0 Å². The van der Waals surface area contributed by atoms with Crippen molar-refractivity contribution in [2.75, 3.05) is 31.6 Å². The van der Waals surface area contributed by atoms with Gasteiger partial charge in [0, 0.05) is 29.1 Å². The highest BCUT2D eigenvalue weighted by molar-refractivity contribution is 6.32. The molecule has 1 aromatic carbocycles. The maximum atomic E-state index is 15.4. The van der Waals surface area contributed by atoms with E-state index in [4.69, 9.17) is 32.9 Å². The highest BCUT2D eigenvalue weighted by atomic mass is 35.5. The molecule has 5 atom stereocenters. The Hall–Kier alpha value is -2.04. The Morgan fingerprint density at radius 1 is 1.08 bits per heavy atom. The van der Waals surface area contributed by atoms with Crippen LogP contribution < -0.4 is 5.32 Å². The van der Waals surface area contributed by atoms with Crippen LogP contribution in [0, 0.1) is 11.8 Å². The van der Waals surface area contributed by atoms with Crippen molar-refractivity contribution in [2.45, 2.75) is 62.4 Å². The minimum Gasteiger partial charge on any atom is -0.389 e. The van der Waals surface area contributed by atoms with Crippen molar-refractivity contribution in [2.24, 2.45) is 11.8 Å². The molecule has 3 aromatic rings. The summed E-state index contributed by atoms with van der Waals surface area (Å²) in [7, 11) is 0. The van der Waals surface area contributed by atoms with E-state index in [1.54, 1.807) is 12.4 Å². The molecule has 8 rings (SSSR count). The van der Waals surface area contributed by atoms with Gasteiger partial charge < -0.3 is 15.2 Å². The third-order valence-electron chi connectivity index (χ3n) is 9.14. The molecule has 3 saturated carbocycles. The maximum Gasteiger partial charge on any atom is 0.227 e. The highest BCUT2D eigenvalue weighted by Crippen LogP contribution is 2.51. The minimum atomic E-state index is -1.11. The first kappa shape index (κ1) is 25.0. The summed E-state index contributed by atoms with van der Waals surface area (Å²) in [5.74, 6) is 1.62. The van der Waals surface area contributed by atoms with Crippen LogP contribution in [0.5, 0.6) is 0 Å². The Kier molecular flexibility index (Phi) is 6.47. The van der Waals surface area contributed by atoms with E-state index < -0.39 is 12.3 Å². The van der Waals surface area contributed by atoms with Crippen LogP contribution in [0.1, 0.15) is 49.6 Å². The zero-order valence-corrected chi connectivity index (χ0v) is 22.5. The molecule has 2 bridgehead atoms. The summed E-state index contributed by atoms with van der Waals surface area (Å²) in [4.78, 5) is 11.2. The number of nitrogens with one attached hydrogen (secondary N) is 1. The molecule has 202 valence electrons. The number of piperidine rings is 1. The normalized spacial score (nSPS) is 33.4. The molecule has 2 unspecified atom stereocenters. The number of ether oxygens (including phenoxy) is 1. The van der Waals surface area contributed by atoms with Crippen molar-refractivity contribution in [1.29, 1.82) is 0 Å². The molecule has 2 aromatic heterocycles. The Balaban J connectivity index is 1.10. The number of fused-ring (bicyclic) bond motifs is 3. The standard InChI is InChI=1S/C27H31Cl2FN6O2/c28-19-7-16-9-31-27(34-22-10-32-36(26(22)29)23-2-1-14-5-15(23)6-14)33-21(16)8-18(19)17-3-4-35(11-20(17)30)24-12-38-13-25(24)37/h7-10,14-15,17,20,23-25,37H,1-6,11-13H2,(H,31,33,34)/t14?,15?,17?,20-,23+,24+,25?/m0/s1. The molecule has 2 saturated heterocycles. The van der Waals surface area contributed by atoms with Gasteiger partial charge >= 0.3 is 0 Å². The lowest BCUT2D eigenvalue weighted by molar-refractivity contribution is 0.0353. The lowest BCUT2D eigenvalue weighted by atomic mass is 9.63. The summed E-state index contributed by atoms with van der Waals surface area (Å²) in [6.07, 6.45) is 7.29. The topological polar surface area (TPSA) is 88.3 Å². The second kappa shape index (κ2) is 9.86. The van der Waals surface area contributed by atoms with Crippen molar-refractivity contribution >= 4 is 45.7 Å². The number of halogens is 3. The van der Waals surface area contributed by atoms with Gasteiger partial charge in [0.2, 0.25) is 5.95 Å². The van der Waals surface area contributed by atoms with Crippen molar-refractivity contribution in [3.8, 4) is 0 Å². The first-order chi connectivity index (χ1) is 18.4. The van der Waals surface area contributed by atoms with Gasteiger partial charge in [0.1, 0.15) is 6.17 Å². The van der Waals surface area contributed by atoms with Crippen LogP contribution in [0.4, 0.5) is 16.0 Å². The lowest BCUT2D eigenvalue weighted by Gasteiger charge is -2.46. The molecule has 11 heteroatoms. The van der Waals surface area contributed by atoms with Crippen LogP contribution in [0.3, 0.4) is 0 Å². The fourth-order valence-corrected chi connectivity index (χ4v) is 7.53. The lowest BCUT2D eigenvalue weighted by Crippen LogP contribution is -2.50. The first-order valence-electron chi connectivity index (χ1n) is 13.5. The number of aliphatic hydroxyl groups is 1. The van der Waals surface area contributed by atoms with Crippen LogP contribution >= 0.6 is 23.2 Å². The number of hydrogen-bond donors (Lipinski definition) is 2. The molecule has 0 radical (unpaired) electrons. The summed E-state index contributed by atoms with van der Waals surface area (Å²) in [6.45, 7) is 1.66. The minimum absolute atomic E-state index is 0.150. The van der Waals surface area contributed by atoms with E-state index in [-0.39, 0.29) is 18.5 Å². The average molecular weight is 561 g/mol. The highest BCUT2D eigenvalue weighted by Gasteiger charge is 2.42. The van der Waals surface area contributed by atoms with Crippen molar-refractivity contribution in [3.05, 3.63) is 40.3 Å². The zero-order valence-electron chi connectivity index (χ0n) is 20.9. The Bertz CT molecular complexity index is 1350. The van der Waals surface area contributed by atoms with Gasteiger partial charge in [-0.2, -0.15) is 5.10 Å². The summed E-state index contributed by atoms with van der Waals surface area (Å²) >= 11 is 13.4. The number of rotatable bonds is 5. The molecule has 8 nitrogen and oxygen atoms in total. The van der Waals surface area contributed by atoms with Gasteiger partial charge in [-0.1, -0.05) is 23.2 Å². The third-order valence-corrected chi connectivity index (χ3v) is 9.85. The molecule has 2 N–H and O–H groups in total. The van der Waals surface area contributed by atoms with E-state index in [0.717, 1.165) is 23.3 Å². The Morgan fingerprint density at radius 3 is 2.68 bits per heavy atom. The van der Waals surface area contributed by atoms with E-state index in [1.807, 2.05) is 21.7 Å². The molecular weight excluding hydrogens is 530 g/mol. The van der Waals surface area contributed by atoms with Crippen LogP contribution in [0.2, 0.25) is 10.2 Å². The number of alkyl halides is 1. The fourth-order valence-electron chi connectivity index (χ4n) is 6.96. The smallest absolute Gasteiger partial charge is 0.227 e. The monoisotopic (exact) mass is 560 g/mol. The second-order valence-corrected chi connectivity index (χ2v) is 12.1. The van der Waals surface area contributed by atoms with Gasteiger partial charge in [-0.05, 0) is 68.2 Å². The van der Waals surface area contributed by atoms with Gasteiger partial charge in [0.25, 0.3) is 0 Å². The zero-order chi connectivity index (χ0) is 26.0. The molecular formula is C27H31Cl2FN6O2. The van der Waals surface area contributed by atoms with Gasteiger partial charge in [0.15, 0.2) is 5.15 Å². The number of aromatic nitrogens is 4. The fraction of sp³-hybridized carbons (Fsp3) is 0.593. The Labute approximate surface area is 230 Å². The number of anilines is 2. The van der Waals surface area contributed by atoms with Crippen LogP contribution in [0.15, 0.2) is 24.5 Å². The summed E-state index contributed by atoms with van der Waals surface area (Å²) in [5.41, 5.74) is 2.12. The van der Waals surface area contributed by atoms with E-state index in [9.17, 15) is 5.11 Å². The largest absolute Gasteiger partial charge is 0.389 e. The molecule has 0 amide bonds. The molecule has 4 heterocycles. The molecule has 3 aliphatic carbocycles. The summed E-state index contributed by atoms with van der Waals surface area (Å²) < 4.78 is 22.8. The van der Waals surface area contributed by atoms with Crippen LogP contribution in [-0.2, 0) is 4.74 Å². The van der Waals surface area contributed by atoms with Crippen LogP contribution in [0.25, 0.3) is 10.9 Å². The summed E-state index contributed by atoms with van der Waals surface area (Å²) in [6, 6.07) is 3.90. The predicted octanol–water partition coefficient (Wildman–Crippen LogP) is 5.12. The van der Waals surface area contributed by atoms with Crippen LogP contribution in [-0.4, -0.2) is 74.4 Å². The van der Waals surface area contributed by atoms with Gasteiger partial charge in [-0.3, -0.25) is 4.90 Å². The van der Waals surface area contributed by atoms with Gasteiger partial charge in [-0.15, -0.1) is 0 Å². The van der Waals surface area contributed by atoms with Crippen molar-refractivity contribution in [1.82, 2.24) is 24.6 Å². The number of hydrogen-bond acceptors (Lipinski definition) is 7. The SMILES string of the molecule is OC1COC[C@H]1N1CCC(c2cc3nc(Nc4cnn([C@@H]5CCC6CC5C6)c4Cl)ncc3cc2Cl)[C@@H](F)C1. The molecule has 0 spiro atoms. The number of nitrogens with zero attached hydrogens (tertiary/aromatic N) is 5. The number of likely N-dealkylation sites (tertiary alicyclic amines) is 1. The van der Waals surface area contributed by atoms with E-state index >= 15 is 4.39 Å². The van der Waals surface area contributed by atoms with E-state index in [1.165, 1.54) is 19.3 Å². The van der Waals surface area contributed by atoms with Gasteiger partial charge in [0.05, 0.1) is 48.8 Å². The van der Waals surface area contributed by atoms with E-state index in [0.29, 0.717) is 65.5 Å². The number of benzene rings is 1. The molecule has 5 aliphatic rings. The quantitative estimate of drug-likeness (QED) is 0.447. The maximum absolute atomic E-state index is 15.4. The second-order valence-electron chi connectivity index (χ2n) is 11.4. The average Bonchev–Trinajstić information content (AvgIpc) is 3.48. The van der Waals surface area contributed by atoms with Crippen molar-refractivity contribution < 1.29 is 14.2 Å². The van der Waals surface area contributed by atoms with E-state index in [2.05, 4.69) is 15.4 Å². The molecule has 5 fully saturated rings. The third kappa shape index (κ3) is 4.36. The summed E-state index contributed by atoms with van der Waals surface area (Å²) in [5, 5.41) is 19.8. The molecule has 38 heavy (non-hydrogen) atoms. The van der Waals surface area contributed by atoms with Gasteiger partial charge in [-0.25, -0.2) is 19.0 Å².